The number of hydrogen-bond acceptors (Lipinski definition) is 5. The van der Waals surface area contributed by atoms with Crippen LogP contribution in [-0.2, 0) is 11.3 Å². The lowest BCUT2D eigenvalue weighted by Gasteiger charge is -2.07. The molecule has 0 radical (unpaired) electrons. The predicted molar refractivity (Wildman–Crippen MR) is 81.0 cm³/mol. The predicted octanol–water partition coefficient (Wildman–Crippen LogP) is 3.54. The Morgan fingerprint density at radius 2 is 2.21 bits per heavy atom. The number of halogens is 1. The summed E-state index contributed by atoms with van der Waals surface area (Å²) in [6.07, 6.45) is 1.77. The van der Waals surface area contributed by atoms with Gasteiger partial charge in [0.1, 0.15) is 6.61 Å². The summed E-state index contributed by atoms with van der Waals surface area (Å²) >= 11 is 5.23. The van der Waals surface area contributed by atoms with Gasteiger partial charge < -0.3 is 14.8 Å². The molecule has 0 bridgehead atoms. The highest BCUT2D eigenvalue weighted by Gasteiger charge is 2.01. The molecule has 0 aliphatic carbocycles. The fourth-order valence-electron chi connectivity index (χ4n) is 1.43. The summed E-state index contributed by atoms with van der Waals surface area (Å²) in [5, 5.41) is 5.38. The van der Waals surface area contributed by atoms with Gasteiger partial charge in [0.25, 0.3) is 0 Å². The molecule has 0 amide bonds. The van der Waals surface area contributed by atoms with Crippen LogP contribution >= 0.6 is 27.3 Å². The number of rotatable bonds is 7. The third-order valence-corrected chi connectivity index (χ3v) is 4.34. The summed E-state index contributed by atoms with van der Waals surface area (Å²) in [5.41, 5.74) is 0.972. The van der Waals surface area contributed by atoms with Crippen LogP contribution in [0.2, 0.25) is 0 Å². The number of ether oxygens (including phenoxy) is 2. The highest BCUT2D eigenvalue weighted by Crippen LogP contribution is 2.23. The van der Waals surface area contributed by atoms with Crippen molar-refractivity contribution in [2.45, 2.75) is 6.54 Å². The maximum absolute atomic E-state index is 5.40. The molecule has 0 aromatic carbocycles. The molecule has 2 aromatic heterocycles. The summed E-state index contributed by atoms with van der Waals surface area (Å²) in [6.45, 7) is 1.86. The van der Waals surface area contributed by atoms with E-state index in [1.165, 1.54) is 4.88 Å². The van der Waals surface area contributed by atoms with Gasteiger partial charge in [-0.3, -0.25) is 0 Å². The number of anilines is 1. The first kappa shape index (κ1) is 14.3. The molecule has 102 valence electrons. The lowest BCUT2D eigenvalue weighted by Crippen LogP contribution is -2.05. The number of methoxy groups -OCH3 is 1. The van der Waals surface area contributed by atoms with Crippen LogP contribution in [0.15, 0.2) is 34.2 Å². The summed E-state index contributed by atoms with van der Waals surface area (Å²) in [4.78, 5) is 5.49. The van der Waals surface area contributed by atoms with Gasteiger partial charge in [0, 0.05) is 22.5 Å². The molecule has 4 nitrogen and oxygen atoms in total. The van der Waals surface area contributed by atoms with Gasteiger partial charge in [0.2, 0.25) is 5.88 Å². The van der Waals surface area contributed by atoms with Gasteiger partial charge in [-0.2, -0.15) is 0 Å². The zero-order valence-electron chi connectivity index (χ0n) is 10.6. The Hall–Kier alpha value is -1.11. The molecule has 19 heavy (non-hydrogen) atoms. The normalized spacial score (nSPS) is 10.4. The molecule has 0 spiro atoms. The number of nitrogens with one attached hydrogen (secondary N) is 1. The summed E-state index contributed by atoms with van der Waals surface area (Å²) in [6, 6.07) is 5.85. The van der Waals surface area contributed by atoms with Crippen molar-refractivity contribution in [2.75, 3.05) is 25.6 Å². The fourth-order valence-corrected chi connectivity index (χ4v) is 2.87. The van der Waals surface area contributed by atoms with E-state index in [1.54, 1.807) is 24.6 Å². The summed E-state index contributed by atoms with van der Waals surface area (Å²) in [5.74, 6) is 0.611. The number of nitrogens with zero attached hydrogens (tertiary/aromatic N) is 1. The first-order valence-electron chi connectivity index (χ1n) is 5.83. The van der Waals surface area contributed by atoms with Gasteiger partial charge in [-0.05, 0) is 33.4 Å². The molecule has 0 aliphatic rings. The molecule has 0 aliphatic heterocycles. The zero-order chi connectivity index (χ0) is 13.5. The lowest BCUT2D eigenvalue weighted by molar-refractivity contribution is 0.144. The Labute approximate surface area is 124 Å². The number of hydrogen-bond donors (Lipinski definition) is 1. The van der Waals surface area contributed by atoms with Crippen LogP contribution in [-0.4, -0.2) is 25.3 Å². The minimum Gasteiger partial charge on any atom is -0.475 e. The zero-order valence-corrected chi connectivity index (χ0v) is 13.0. The molecular formula is C13H15BrN2O2S. The Bertz CT molecular complexity index is 502. The fraction of sp³-hybridized carbons (Fsp3) is 0.308. The van der Waals surface area contributed by atoms with E-state index in [0.29, 0.717) is 19.1 Å². The van der Waals surface area contributed by atoms with Crippen LogP contribution in [0.5, 0.6) is 5.88 Å². The highest BCUT2D eigenvalue weighted by atomic mass is 79.9. The van der Waals surface area contributed by atoms with Gasteiger partial charge in [-0.1, -0.05) is 0 Å². The molecule has 2 heterocycles. The van der Waals surface area contributed by atoms with Crippen molar-refractivity contribution >= 4 is 33.0 Å². The monoisotopic (exact) mass is 342 g/mol. The van der Waals surface area contributed by atoms with Crippen molar-refractivity contribution in [3.63, 3.8) is 0 Å². The Kier molecular flexibility index (Phi) is 5.62. The van der Waals surface area contributed by atoms with Crippen molar-refractivity contribution in [1.29, 1.82) is 0 Å². The van der Waals surface area contributed by atoms with E-state index in [-0.39, 0.29) is 0 Å². The molecule has 1 N–H and O–H groups in total. The van der Waals surface area contributed by atoms with E-state index in [2.05, 4.69) is 31.6 Å². The van der Waals surface area contributed by atoms with Crippen molar-refractivity contribution in [1.82, 2.24) is 4.98 Å². The first-order chi connectivity index (χ1) is 9.29. The van der Waals surface area contributed by atoms with Crippen LogP contribution < -0.4 is 10.1 Å². The Morgan fingerprint density at radius 1 is 1.32 bits per heavy atom. The van der Waals surface area contributed by atoms with Crippen LogP contribution in [0.1, 0.15) is 4.88 Å². The average molecular weight is 343 g/mol. The Morgan fingerprint density at radius 3 is 2.84 bits per heavy atom. The summed E-state index contributed by atoms with van der Waals surface area (Å²) in [7, 11) is 1.65. The second-order valence-electron chi connectivity index (χ2n) is 3.77. The molecule has 0 unspecified atom stereocenters. The Balaban J connectivity index is 1.83. The molecule has 0 atom stereocenters. The second-order valence-corrected chi connectivity index (χ2v) is 5.63. The average Bonchev–Trinajstić information content (AvgIpc) is 2.84. The topological polar surface area (TPSA) is 43.4 Å². The third kappa shape index (κ3) is 4.49. The van der Waals surface area contributed by atoms with E-state index in [9.17, 15) is 0 Å². The van der Waals surface area contributed by atoms with Crippen LogP contribution in [0.3, 0.4) is 0 Å². The largest absolute Gasteiger partial charge is 0.475 e. The van der Waals surface area contributed by atoms with E-state index in [0.717, 1.165) is 16.7 Å². The van der Waals surface area contributed by atoms with Crippen molar-refractivity contribution in [3.8, 4) is 5.88 Å². The van der Waals surface area contributed by atoms with Gasteiger partial charge >= 0.3 is 0 Å². The van der Waals surface area contributed by atoms with Crippen LogP contribution in [0, 0.1) is 0 Å². The molecule has 2 rings (SSSR count). The van der Waals surface area contributed by atoms with Gasteiger partial charge in [0.15, 0.2) is 0 Å². The van der Waals surface area contributed by atoms with Gasteiger partial charge in [-0.25, -0.2) is 4.98 Å². The molecule has 2 aromatic rings. The molecule has 0 saturated heterocycles. The lowest BCUT2D eigenvalue weighted by atomic mass is 10.4. The standard InChI is InChI=1S/C13H15BrN2O2S/c1-17-5-6-18-13-3-2-10(8-16-13)15-9-12-11(14)4-7-19-12/h2-4,7-8,15H,5-6,9H2,1H3. The van der Waals surface area contributed by atoms with E-state index < -0.39 is 0 Å². The highest BCUT2D eigenvalue weighted by molar-refractivity contribution is 9.10. The third-order valence-electron chi connectivity index (χ3n) is 2.42. The molecule has 0 fully saturated rings. The van der Waals surface area contributed by atoms with Crippen LogP contribution in [0.25, 0.3) is 0 Å². The number of pyridine rings is 1. The van der Waals surface area contributed by atoms with E-state index >= 15 is 0 Å². The van der Waals surface area contributed by atoms with Crippen molar-refractivity contribution in [2.24, 2.45) is 0 Å². The smallest absolute Gasteiger partial charge is 0.213 e. The molecular weight excluding hydrogens is 328 g/mol. The van der Waals surface area contributed by atoms with Gasteiger partial charge in [-0.15, -0.1) is 11.3 Å². The summed E-state index contributed by atoms with van der Waals surface area (Å²) < 4.78 is 11.4. The first-order valence-corrected chi connectivity index (χ1v) is 7.50. The second kappa shape index (κ2) is 7.47. The SMILES string of the molecule is COCCOc1ccc(NCc2sccc2Br)cn1. The molecule has 0 saturated carbocycles. The van der Waals surface area contributed by atoms with Crippen LogP contribution in [0.4, 0.5) is 5.69 Å². The number of aromatic nitrogens is 1. The van der Waals surface area contributed by atoms with Gasteiger partial charge in [0.05, 0.1) is 25.0 Å². The quantitative estimate of drug-likeness (QED) is 0.781. The maximum Gasteiger partial charge on any atom is 0.213 e. The minimum atomic E-state index is 0.512. The molecule has 6 heteroatoms. The maximum atomic E-state index is 5.40. The van der Waals surface area contributed by atoms with E-state index in [1.807, 2.05) is 18.2 Å². The van der Waals surface area contributed by atoms with E-state index in [4.69, 9.17) is 9.47 Å². The van der Waals surface area contributed by atoms with Crippen molar-refractivity contribution < 1.29 is 9.47 Å². The minimum absolute atomic E-state index is 0.512. The number of thiophene rings is 1. The van der Waals surface area contributed by atoms with Crippen molar-refractivity contribution in [3.05, 3.63) is 39.1 Å².